The SMILES string of the molecule is O=C(C[C@@H](c1ccccc1)c1ccc(-c2ccccc2)cc1)c1ccccc1. The van der Waals surface area contributed by atoms with E-state index in [-0.39, 0.29) is 11.7 Å². The van der Waals surface area contributed by atoms with Crippen LogP contribution in [0.1, 0.15) is 33.8 Å². The van der Waals surface area contributed by atoms with E-state index in [2.05, 4.69) is 60.7 Å². The van der Waals surface area contributed by atoms with Gasteiger partial charge in [-0.05, 0) is 22.3 Å². The number of Topliss-reactive ketones (excluding diaryl/α,β-unsaturated/α-hetero) is 1. The third kappa shape index (κ3) is 4.10. The second-order valence-corrected chi connectivity index (χ2v) is 6.94. The molecule has 0 aromatic heterocycles. The molecule has 0 saturated carbocycles. The van der Waals surface area contributed by atoms with Crippen molar-refractivity contribution in [3.63, 3.8) is 0 Å². The van der Waals surface area contributed by atoms with Crippen molar-refractivity contribution in [3.8, 4) is 11.1 Å². The first-order valence-electron chi connectivity index (χ1n) is 9.60. The highest BCUT2D eigenvalue weighted by atomic mass is 16.1. The normalized spacial score (nSPS) is 11.7. The summed E-state index contributed by atoms with van der Waals surface area (Å²) in [4.78, 5) is 12.9. The molecule has 1 nitrogen and oxygen atoms in total. The van der Waals surface area contributed by atoms with Crippen LogP contribution in [0.3, 0.4) is 0 Å². The van der Waals surface area contributed by atoms with Gasteiger partial charge in [-0.3, -0.25) is 4.79 Å². The molecule has 0 fully saturated rings. The smallest absolute Gasteiger partial charge is 0.163 e. The summed E-state index contributed by atoms with van der Waals surface area (Å²) in [6.07, 6.45) is 0.457. The minimum atomic E-state index is 0.0405. The van der Waals surface area contributed by atoms with E-state index in [0.717, 1.165) is 11.1 Å². The van der Waals surface area contributed by atoms with Gasteiger partial charge in [-0.2, -0.15) is 0 Å². The van der Waals surface area contributed by atoms with E-state index in [1.165, 1.54) is 16.7 Å². The Kier molecular flexibility index (Phi) is 5.44. The molecule has 0 unspecified atom stereocenters. The van der Waals surface area contributed by atoms with Crippen molar-refractivity contribution in [3.05, 3.63) is 132 Å². The number of benzene rings is 4. The lowest BCUT2D eigenvalue weighted by Crippen LogP contribution is -2.09. The average molecular weight is 362 g/mol. The van der Waals surface area contributed by atoms with E-state index in [0.29, 0.717) is 6.42 Å². The maximum Gasteiger partial charge on any atom is 0.163 e. The molecule has 0 aliphatic heterocycles. The maximum absolute atomic E-state index is 12.9. The summed E-state index contributed by atoms with van der Waals surface area (Å²) in [7, 11) is 0. The zero-order chi connectivity index (χ0) is 19.2. The Morgan fingerprint density at radius 2 is 1.00 bits per heavy atom. The summed E-state index contributed by atoms with van der Waals surface area (Å²) in [6.45, 7) is 0. The highest BCUT2D eigenvalue weighted by Crippen LogP contribution is 2.31. The van der Waals surface area contributed by atoms with Gasteiger partial charge in [-0.25, -0.2) is 0 Å². The lowest BCUT2D eigenvalue weighted by Gasteiger charge is -2.18. The van der Waals surface area contributed by atoms with Gasteiger partial charge in [-0.1, -0.05) is 115 Å². The fourth-order valence-electron chi connectivity index (χ4n) is 3.58. The van der Waals surface area contributed by atoms with E-state index in [1.807, 2.05) is 54.6 Å². The van der Waals surface area contributed by atoms with Crippen molar-refractivity contribution in [1.29, 1.82) is 0 Å². The van der Waals surface area contributed by atoms with Gasteiger partial charge in [0.05, 0.1) is 0 Å². The van der Waals surface area contributed by atoms with E-state index in [1.54, 1.807) is 0 Å². The number of hydrogen-bond acceptors (Lipinski definition) is 1. The maximum atomic E-state index is 12.9. The van der Waals surface area contributed by atoms with Crippen molar-refractivity contribution in [1.82, 2.24) is 0 Å². The molecule has 1 atom stereocenters. The summed E-state index contributed by atoms with van der Waals surface area (Å²) >= 11 is 0. The van der Waals surface area contributed by atoms with Gasteiger partial charge in [-0.15, -0.1) is 0 Å². The van der Waals surface area contributed by atoms with E-state index >= 15 is 0 Å². The van der Waals surface area contributed by atoms with Crippen LogP contribution < -0.4 is 0 Å². The van der Waals surface area contributed by atoms with Crippen molar-refractivity contribution in [2.45, 2.75) is 12.3 Å². The van der Waals surface area contributed by atoms with Crippen LogP contribution in [0.4, 0.5) is 0 Å². The fraction of sp³-hybridized carbons (Fsp3) is 0.0741. The third-order valence-electron chi connectivity index (χ3n) is 5.11. The molecule has 0 amide bonds. The number of ketones is 1. The minimum absolute atomic E-state index is 0.0405. The van der Waals surface area contributed by atoms with Gasteiger partial charge in [0.15, 0.2) is 5.78 Å². The van der Waals surface area contributed by atoms with Gasteiger partial charge in [0.2, 0.25) is 0 Å². The minimum Gasteiger partial charge on any atom is -0.294 e. The second-order valence-electron chi connectivity index (χ2n) is 6.94. The Morgan fingerprint density at radius 1 is 0.536 bits per heavy atom. The molecule has 28 heavy (non-hydrogen) atoms. The first kappa shape index (κ1) is 17.9. The summed E-state index contributed by atoms with van der Waals surface area (Å²) in [6, 6.07) is 38.8. The molecule has 0 bridgehead atoms. The molecule has 0 aliphatic rings. The van der Waals surface area contributed by atoms with E-state index in [9.17, 15) is 4.79 Å². The number of carbonyl (C=O) groups excluding carboxylic acids is 1. The van der Waals surface area contributed by atoms with Crippen LogP contribution in [0.5, 0.6) is 0 Å². The lowest BCUT2D eigenvalue weighted by molar-refractivity contribution is 0.0977. The van der Waals surface area contributed by atoms with Gasteiger partial charge in [0, 0.05) is 17.9 Å². The second kappa shape index (κ2) is 8.49. The van der Waals surface area contributed by atoms with Crippen LogP contribution in [-0.2, 0) is 0 Å². The molecule has 0 aliphatic carbocycles. The predicted molar refractivity (Wildman–Crippen MR) is 116 cm³/mol. The van der Waals surface area contributed by atoms with Crippen LogP contribution in [0.15, 0.2) is 115 Å². The quantitative estimate of drug-likeness (QED) is 0.346. The largest absolute Gasteiger partial charge is 0.294 e. The predicted octanol–water partition coefficient (Wildman–Crippen LogP) is 6.76. The molecule has 0 heterocycles. The molecule has 1 heteroatoms. The molecule has 0 radical (unpaired) electrons. The topological polar surface area (TPSA) is 17.1 Å². The molecule has 4 aromatic carbocycles. The zero-order valence-electron chi connectivity index (χ0n) is 15.7. The number of rotatable bonds is 6. The van der Waals surface area contributed by atoms with Gasteiger partial charge in [0.1, 0.15) is 0 Å². The van der Waals surface area contributed by atoms with Crippen molar-refractivity contribution >= 4 is 5.78 Å². The first-order chi connectivity index (χ1) is 13.8. The molecular formula is C27H22O. The average Bonchev–Trinajstić information content (AvgIpc) is 2.79. The molecule has 0 spiro atoms. The van der Waals surface area contributed by atoms with Gasteiger partial charge < -0.3 is 0 Å². The summed E-state index contributed by atoms with van der Waals surface area (Å²) in [5.41, 5.74) is 5.48. The Morgan fingerprint density at radius 3 is 1.61 bits per heavy atom. The van der Waals surface area contributed by atoms with Crippen LogP contribution >= 0.6 is 0 Å². The van der Waals surface area contributed by atoms with Crippen LogP contribution in [-0.4, -0.2) is 5.78 Å². The van der Waals surface area contributed by atoms with Crippen LogP contribution in [0.25, 0.3) is 11.1 Å². The Labute approximate surface area is 166 Å². The monoisotopic (exact) mass is 362 g/mol. The van der Waals surface area contributed by atoms with Crippen molar-refractivity contribution < 1.29 is 4.79 Å². The van der Waals surface area contributed by atoms with Crippen LogP contribution in [0.2, 0.25) is 0 Å². The Balaban J connectivity index is 1.65. The fourth-order valence-corrected chi connectivity index (χ4v) is 3.58. The number of carbonyl (C=O) groups is 1. The standard InChI is InChI=1S/C27H22O/c28-27(25-14-8-3-9-15-25)20-26(23-12-6-2-7-13-23)24-18-16-22(17-19-24)21-10-4-1-5-11-21/h1-19,26H,20H2/t26-/m0/s1. The zero-order valence-corrected chi connectivity index (χ0v) is 15.7. The molecule has 0 saturated heterocycles. The highest BCUT2D eigenvalue weighted by Gasteiger charge is 2.19. The van der Waals surface area contributed by atoms with Gasteiger partial charge in [0.25, 0.3) is 0 Å². The third-order valence-corrected chi connectivity index (χ3v) is 5.11. The number of hydrogen-bond donors (Lipinski definition) is 0. The lowest BCUT2D eigenvalue weighted by atomic mass is 9.85. The van der Waals surface area contributed by atoms with Crippen LogP contribution in [0, 0.1) is 0 Å². The first-order valence-corrected chi connectivity index (χ1v) is 9.60. The summed E-state index contributed by atoms with van der Waals surface area (Å²) in [5, 5.41) is 0. The molecule has 136 valence electrons. The molecule has 4 aromatic rings. The summed E-state index contributed by atoms with van der Waals surface area (Å²) < 4.78 is 0. The van der Waals surface area contributed by atoms with Crippen molar-refractivity contribution in [2.75, 3.05) is 0 Å². The van der Waals surface area contributed by atoms with E-state index in [4.69, 9.17) is 0 Å². The Bertz CT molecular complexity index is 1020. The Hall–Kier alpha value is -3.45. The van der Waals surface area contributed by atoms with E-state index < -0.39 is 0 Å². The molecule has 0 N–H and O–H groups in total. The van der Waals surface area contributed by atoms with Crippen molar-refractivity contribution in [2.24, 2.45) is 0 Å². The summed E-state index contributed by atoms with van der Waals surface area (Å²) in [5.74, 6) is 0.209. The highest BCUT2D eigenvalue weighted by molar-refractivity contribution is 5.96. The molecule has 4 rings (SSSR count). The van der Waals surface area contributed by atoms with Gasteiger partial charge >= 0.3 is 0 Å². The molecular weight excluding hydrogens is 340 g/mol.